The Labute approximate surface area is 97.3 Å². The third-order valence-electron chi connectivity index (χ3n) is 3.09. The number of carbonyl (C=O) groups excluding carboxylic acids is 1. The molecule has 1 aromatic rings. The molecule has 1 aliphatic heterocycles. The van der Waals surface area contributed by atoms with Crippen molar-refractivity contribution in [2.24, 2.45) is 0 Å². The molecule has 1 heterocycles. The number of nitrogens with zero attached hydrogens (tertiary/aromatic N) is 1. The van der Waals surface area contributed by atoms with Gasteiger partial charge < -0.3 is 4.90 Å². The van der Waals surface area contributed by atoms with Crippen molar-refractivity contribution in [2.75, 3.05) is 11.4 Å². The van der Waals surface area contributed by atoms with E-state index in [0.29, 0.717) is 6.42 Å². The summed E-state index contributed by atoms with van der Waals surface area (Å²) in [4.78, 5) is 14.0. The third-order valence-corrected chi connectivity index (χ3v) is 3.09. The van der Waals surface area contributed by atoms with Gasteiger partial charge in [0, 0.05) is 18.7 Å². The van der Waals surface area contributed by atoms with Crippen LogP contribution in [0.2, 0.25) is 0 Å². The van der Waals surface area contributed by atoms with Gasteiger partial charge in [-0.05, 0) is 37.0 Å². The van der Waals surface area contributed by atoms with Crippen LogP contribution in [-0.2, 0) is 11.2 Å². The average Bonchev–Trinajstić information content (AvgIpc) is 2.35. The smallest absolute Gasteiger partial charge is 0.226 e. The van der Waals surface area contributed by atoms with E-state index < -0.39 is 0 Å². The van der Waals surface area contributed by atoms with Crippen LogP contribution in [0.4, 0.5) is 5.69 Å². The molecule has 0 spiro atoms. The Hall–Kier alpha value is -1.31. The van der Waals surface area contributed by atoms with Crippen molar-refractivity contribution in [1.82, 2.24) is 0 Å². The summed E-state index contributed by atoms with van der Waals surface area (Å²) in [5.74, 6) is 0.266. The van der Waals surface area contributed by atoms with Crippen LogP contribution in [0.5, 0.6) is 0 Å². The summed E-state index contributed by atoms with van der Waals surface area (Å²) < 4.78 is 0. The maximum absolute atomic E-state index is 12.0. The molecular weight excluding hydrogens is 198 g/mol. The Morgan fingerprint density at radius 3 is 3.25 bits per heavy atom. The predicted molar refractivity (Wildman–Crippen MR) is 65.5 cm³/mol. The highest BCUT2D eigenvalue weighted by Crippen LogP contribution is 2.27. The summed E-state index contributed by atoms with van der Waals surface area (Å²) in [7, 11) is 0. The highest BCUT2D eigenvalue weighted by molar-refractivity contribution is 5.94. The van der Waals surface area contributed by atoms with Gasteiger partial charge in [-0.15, -0.1) is 0 Å². The van der Waals surface area contributed by atoms with Gasteiger partial charge in [-0.25, -0.2) is 0 Å². The summed E-state index contributed by atoms with van der Waals surface area (Å²) in [6.07, 6.45) is 4.90. The molecule has 1 aromatic carbocycles. The van der Waals surface area contributed by atoms with E-state index >= 15 is 0 Å². The zero-order valence-electron chi connectivity index (χ0n) is 9.83. The Morgan fingerprint density at radius 1 is 1.56 bits per heavy atom. The largest absolute Gasteiger partial charge is 0.312 e. The molecule has 16 heavy (non-hydrogen) atoms. The lowest BCUT2D eigenvalue weighted by Crippen LogP contribution is -2.35. The van der Waals surface area contributed by atoms with Gasteiger partial charge in [0.25, 0.3) is 0 Å². The van der Waals surface area contributed by atoms with Gasteiger partial charge in [0.05, 0.1) is 0 Å². The van der Waals surface area contributed by atoms with Crippen LogP contribution in [0.15, 0.2) is 18.2 Å². The average molecular weight is 216 g/mol. The lowest BCUT2D eigenvalue weighted by molar-refractivity contribution is -0.118. The molecule has 0 N–H and O–H groups in total. The number of anilines is 1. The first kappa shape index (κ1) is 11.2. The van der Waals surface area contributed by atoms with Gasteiger partial charge >= 0.3 is 0 Å². The number of hydrogen-bond acceptors (Lipinski definition) is 1. The summed E-state index contributed by atoms with van der Waals surface area (Å²) in [6, 6.07) is 9.02. The molecular formula is C14H18NO. The molecule has 0 aliphatic carbocycles. The number of unbranched alkanes of at least 4 members (excludes halogenated alkanes) is 1. The van der Waals surface area contributed by atoms with Gasteiger partial charge in [-0.1, -0.05) is 25.5 Å². The third kappa shape index (κ3) is 2.26. The topological polar surface area (TPSA) is 20.3 Å². The SMILES string of the molecule is CCCCC(=O)N1CCCc2cc[c]cc21. The molecule has 1 radical (unpaired) electrons. The quantitative estimate of drug-likeness (QED) is 0.760. The van der Waals surface area contributed by atoms with Crippen LogP contribution in [0.1, 0.15) is 38.2 Å². The Kier molecular flexibility index (Phi) is 3.60. The second-order valence-corrected chi connectivity index (χ2v) is 4.31. The fourth-order valence-corrected chi connectivity index (χ4v) is 2.19. The first-order chi connectivity index (χ1) is 7.83. The number of hydrogen-bond donors (Lipinski definition) is 0. The molecule has 1 aliphatic rings. The zero-order valence-corrected chi connectivity index (χ0v) is 9.83. The molecule has 0 saturated heterocycles. The molecule has 2 rings (SSSR count). The molecule has 0 atom stereocenters. The van der Waals surface area contributed by atoms with Crippen LogP contribution in [0.3, 0.4) is 0 Å². The fourth-order valence-electron chi connectivity index (χ4n) is 2.19. The van der Waals surface area contributed by atoms with Crippen molar-refractivity contribution in [3.05, 3.63) is 29.8 Å². The first-order valence-electron chi connectivity index (χ1n) is 6.12. The molecule has 0 saturated carbocycles. The lowest BCUT2D eigenvalue weighted by atomic mass is 10.0. The standard InChI is InChI=1S/C14H18NO/c1-2-3-10-14(16)15-11-6-8-12-7-4-5-9-13(12)15/h4,7,9H,2-3,6,8,10-11H2,1H3. The van der Waals surface area contributed by atoms with Gasteiger partial charge in [-0.2, -0.15) is 0 Å². The highest BCUT2D eigenvalue weighted by Gasteiger charge is 2.21. The minimum Gasteiger partial charge on any atom is -0.312 e. The maximum atomic E-state index is 12.0. The molecule has 0 bridgehead atoms. The van der Waals surface area contributed by atoms with E-state index in [1.54, 1.807) is 0 Å². The number of aryl methyl sites for hydroxylation is 1. The van der Waals surface area contributed by atoms with Crippen LogP contribution in [0.25, 0.3) is 0 Å². The Bertz CT molecular complexity index is 373. The van der Waals surface area contributed by atoms with Crippen LogP contribution in [-0.4, -0.2) is 12.5 Å². The lowest BCUT2D eigenvalue weighted by Gasteiger charge is -2.29. The van der Waals surface area contributed by atoms with Crippen molar-refractivity contribution in [3.8, 4) is 0 Å². The van der Waals surface area contributed by atoms with E-state index in [0.717, 1.165) is 37.9 Å². The summed E-state index contributed by atoms with van der Waals surface area (Å²) >= 11 is 0. The summed E-state index contributed by atoms with van der Waals surface area (Å²) in [5.41, 5.74) is 2.37. The number of carbonyl (C=O) groups is 1. The number of benzene rings is 1. The van der Waals surface area contributed by atoms with Crippen molar-refractivity contribution in [3.63, 3.8) is 0 Å². The maximum Gasteiger partial charge on any atom is 0.226 e. The molecule has 85 valence electrons. The molecule has 2 nitrogen and oxygen atoms in total. The van der Waals surface area contributed by atoms with Crippen LogP contribution < -0.4 is 4.90 Å². The normalized spacial score (nSPS) is 14.7. The van der Waals surface area contributed by atoms with Crippen molar-refractivity contribution < 1.29 is 4.79 Å². The van der Waals surface area contributed by atoms with Crippen LogP contribution in [0, 0.1) is 6.07 Å². The minimum atomic E-state index is 0.266. The van der Waals surface area contributed by atoms with Gasteiger partial charge in [0.1, 0.15) is 0 Å². The molecule has 0 aromatic heterocycles. The molecule has 1 amide bonds. The summed E-state index contributed by atoms with van der Waals surface area (Å²) in [5, 5.41) is 0. The minimum absolute atomic E-state index is 0.266. The van der Waals surface area contributed by atoms with Gasteiger partial charge in [0.15, 0.2) is 0 Å². The summed E-state index contributed by atoms with van der Waals surface area (Å²) in [6.45, 7) is 2.98. The molecule has 2 heteroatoms. The molecule has 0 unspecified atom stereocenters. The van der Waals surface area contributed by atoms with Crippen molar-refractivity contribution >= 4 is 11.6 Å². The van der Waals surface area contributed by atoms with Crippen molar-refractivity contribution in [1.29, 1.82) is 0 Å². The van der Waals surface area contributed by atoms with Crippen LogP contribution >= 0.6 is 0 Å². The van der Waals surface area contributed by atoms with E-state index in [-0.39, 0.29) is 5.91 Å². The van der Waals surface area contributed by atoms with Gasteiger partial charge in [-0.3, -0.25) is 4.79 Å². The highest BCUT2D eigenvalue weighted by atomic mass is 16.2. The molecule has 0 fully saturated rings. The second-order valence-electron chi connectivity index (χ2n) is 4.31. The Morgan fingerprint density at radius 2 is 2.44 bits per heavy atom. The fraction of sp³-hybridized carbons (Fsp3) is 0.500. The van der Waals surface area contributed by atoms with E-state index in [4.69, 9.17) is 0 Å². The second kappa shape index (κ2) is 5.15. The van der Waals surface area contributed by atoms with Gasteiger partial charge in [0.2, 0.25) is 5.91 Å². The van der Waals surface area contributed by atoms with E-state index in [1.807, 2.05) is 17.0 Å². The number of fused-ring (bicyclic) bond motifs is 1. The number of amides is 1. The first-order valence-corrected chi connectivity index (χ1v) is 6.12. The monoisotopic (exact) mass is 216 g/mol. The Balaban J connectivity index is 2.15. The zero-order chi connectivity index (χ0) is 11.4. The van der Waals surface area contributed by atoms with E-state index in [1.165, 1.54) is 5.56 Å². The van der Waals surface area contributed by atoms with E-state index in [9.17, 15) is 4.79 Å². The predicted octanol–water partition coefficient (Wildman–Crippen LogP) is 2.96. The van der Waals surface area contributed by atoms with E-state index in [2.05, 4.69) is 19.1 Å². The number of rotatable bonds is 3. The van der Waals surface area contributed by atoms with Crippen molar-refractivity contribution in [2.45, 2.75) is 39.0 Å².